The molecule has 10 heteroatoms. The number of anilines is 1. The van der Waals surface area contributed by atoms with Gasteiger partial charge in [-0.3, -0.25) is 4.79 Å². The van der Waals surface area contributed by atoms with E-state index in [4.69, 9.17) is 4.74 Å². The van der Waals surface area contributed by atoms with Crippen LogP contribution in [0.3, 0.4) is 0 Å². The van der Waals surface area contributed by atoms with E-state index in [0.717, 1.165) is 29.3 Å². The van der Waals surface area contributed by atoms with Gasteiger partial charge in [0, 0.05) is 24.8 Å². The van der Waals surface area contributed by atoms with Crippen molar-refractivity contribution in [2.45, 2.75) is 17.9 Å². The van der Waals surface area contributed by atoms with E-state index in [0.29, 0.717) is 13.0 Å². The lowest BCUT2D eigenvalue weighted by molar-refractivity contribution is -0.119. The highest BCUT2D eigenvalue weighted by Crippen LogP contribution is 2.25. The second kappa shape index (κ2) is 9.70. The van der Waals surface area contributed by atoms with Crippen LogP contribution in [-0.4, -0.2) is 37.8 Å². The maximum atomic E-state index is 13.2. The van der Waals surface area contributed by atoms with Crippen LogP contribution in [0.15, 0.2) is 71.6 Å². The average Bonchev–Trinajstić information content (AvgIpc) is 2.84. The van der Waals surface area contributed by atoms with Gasteiger partial charge < -0.3 is 10.1 Å². The van der Waals surface area contributed by atoms with Gasteiger partial charge in [-0.1, -0.05) is 30.3 Å². The Balaban J connectivity index is 1.41. The maximum absolute atomic E-state index is 13.2. The largest absolute Gasteiger partial charge is 0.452 e. The predicted octanol–water partition coefficient (Wildman–Crippen LogP) is 3.51. The molecule has 0 atom stereocenters. The number of halogens is 2. The van der Waals surface area contributed by atoms with Gasteiger partial charge in [-0.05, 0) is 47.9 Å². The van der Waals surface area contributed by atoms with Crippen molar-refractivity contribution >= 4 is 27.6 Å². The Labute approximate surface area is 195 Å². The van der Waals surface area contributed by atoms with Crippen LogP contribution in [0.4, 0.5) is 14.5 Å². The van der Waals surface area contributed by atoms with Crippen LogP contribution < -0.4 is 5.32 Å². The van der Waals surface area contributed by atoms with E-state index >= 15 is 0 Å². The smallest absolute Gasteiger partial charge is 0.338 e. The topological polar surface area (TPSA) is 92.8 Å². The summed E-state index contributed by atoms with van der Waals surface area (Å²) in [5, 5.41) is 2.28. The Morgan fingerprint density at radius 2 is 1.71 bits per heavy atom. The van der Waals surface area contributed by atoms with Crippen molar-refractivity contribution in [3.8, 4) is 0 Å². The predicted molar refractivity (Wildman–Crippen MR) is 119 cm³/mol. The fraction of sp³-hybridized carbons (Fsp3) is 0.167. The summed E-state index contributed by atoms with van der Waals surface area (Å²) in [6.45, 7) is -0.146. The summed E-state index contributed by atoms with van der Waals surface area (Å²) in [4.78, 5) is 24.3. The van der Waals surface area contributed by atoms with Crippen molar-refractivity contribution in [3.63, 3.8) is 0 Å². The Hall–Kier alpha value is -3.63. The van der Waals surface area contributed by atoms with E-state index in [1.807, 2.05) is 24.3 Å². The number of amides is 1. The number of nitrogens with one attached hydrogen (secondary N) is 1. The number of esters is 1. The normalized spacial score (nSPS) is 13.7. The first-order valence-electron chi connectivity index (χ1n) is 10.3. The molecule has 0 radical (unpaired) electrons. The van der Waals surface area contributed by atoms with E-state index < -0.39 is 40.1 Å². The molecule has 0 fully saturated rings. The molecule has 0 aliphatic carbocycles. The molecule has 0 unspecified atom stereocenters. The third-order valence-electron chi connectivity index (χ3n) is 5.34. The van der Waals surface area contributed by atoms with Crippen LogP contribution in [-0.2, 0) is 32.5 Å². The molecule has 1 amide bonds. The Morgan fingerprint density at radius 1 is 0.941 bits per heavy atom. The Morgan fingerprint density at radius 3 is 2.47 bits per heavy atom. The van der Waals surface area contributed by atoms with E-state index in [1.165, 1.54) is 28.6 Å². The molecule has 1 aliphatic heterocycles. The number of ether oxygens (including phenoxy) is 1. The molecule has 34 heavy (non-hydrogen) atoms. The molecule has 1 aliphatic rings. The highest BCUT2D eigenvalue weighted by Gasteiger charge is 2.28. The molecule has 7 nitrogen and oxygen atoms in total. The van der Waals surface area contributed by atoms with Crippen LogP contribution in [0.2, 0.25) is 0 Å². The van der Waals surface area contributed by atoms with Gasteiger partial charge in [0.2, 0.25) is 10.0 Å². The molecule has 0 aromatic heterocycles. The molecular formula is C24H20F2N2O5S. The summed E-state index contributed by atoms with van der Waals surface area (Å²) in [5.74, 6) is -3.87. The van der Waals surface area contributed by atoms with Gasteiger partial charge in [-0.25, -0.2) is 22.0 Å². The second-order valence-corrected chi connectivity index (χ2v) is 9.58. The van der Waals surface area contributed by atoms with Crippen LogP contribution in [0.25, 0.3) is 0 Å². The van der Waals surface area contributed by atoms with Gasteiger partial charge in [-0.2, -0.15) is 4.31 Å². The summed E-state index contributed by atoms with van der Waals surface area (Å²) >= 11 is 0. The van der Waals surface area contributed by atoms with Crippen molar-refractivity contribution in [2.75, 3.05) is 18.5 Å². The highest BCUT2D eigenvalue weighted by atomic mass is 32.2. The second-order valence-electron chi connectivity index (χ2n) is 7.64. The number of fused-ring (bicyclic) bond motifs is 1. The minimum absolute atomic E-state index is 0.00357. The van der Waals surface area contributed by atoms with E-state index in [2.05, 4.69) is 5.32 Å². The first-order chi connectivity index (χ1) is 16.2. The van der Waals surface area contributed by atoms with Crippen molar-refractivity contribution < 1.29 is 31.5 Å². The van der Waals surface area contributed by atoms with Gasteiger partial charge >= 0.3 is 5.97 Å². The Bertz CT molecular complexity index is 1360. The third-order valence-corrected chi connectivity index (χ3v) is 7.18. The highest BCUT2D eigenvalue weighted by molar-refractivity contribution is 7.89. The minimum atomic E-state index is -3.86. The summed E-state index contributed by atoms with van der Waals surface area (Å²) < 4.78 is 58.8. The van der Waals surface area contributed by atoms with E-state index in [9.17, 15) is 26.8 Å². The zero-order valence-electron chi connectivity index (χ0n) is 17.8. The first-order valence-corrected chi connectivity index (χ1v) is 11.8. The number of hydrogen-bond acceptors (Lipinski definition) is 5. The summed E-state index contributed by atoms with van der Waals surface area (Å²) in [5.41, 5.74) is 1.99. The summed E-state index contributed by atoms with van der Waals surface area (Å²) in [6.07, 6.45) is 0.588. The number of rotatable bonds is 6. The van der Waals surface area contributed by atoms with Crippen LogP contribution in [0.5, 0.6) is 0 Å². The quantitative estimate of drug-likeness (QED) is 0.539. The summed E-state index contributed by atoms with van der Waals surface area (Å²) in [6, 6.07) is 15.8. The van der Waals surface area contributed by atoms with E-state index in [-0.39, 0.29) is 22.7 Å². The standard InChI is InChI=1S/C24H20F2N2O5S/c25-21-9-8-19(13-22(21)26)27-23(29)15-33-24(30)17-6-3-7-20(12-17)34(31,32)28-11-10-16-4-1-2-5-18(16)14-28/h1-9,12-13H,10-11,14-15H2,(H,27,29). The SMILES string of the molecule is O=C(COC(=O)c1cccc(S(=O)(=O)N2CCc3ccccc3C2)c1)Nc1ccc(F)c(F)c1. The molecule has 1 N–H and O–H groups in total. The molecule has 1 heterocycles. The molecule has 0 saturated heterocycles. The monoisotopic (exact) mass is 486 g/mol. The number of hydrogen-bond donors (Lipinski definition) is 1. The Kier molecular flexibility index (Phi) is 6.71. The van der Waals surface area contributed by atoms with Crippen LogP contribution >= 0.6 is 0 Å². The molecule has 176 valence electrons. The molecular weight excluding hydrogens is 466 g/mol. The molecule has 4 rings (SSSR count). The van der Waals surface area contributed by atoms with Gasteiger partial charge in [-0.15, -0.1) is 0 Å². The van der Waals surface area contributed by atoms with Gasteiger partial charge in [0.15, 0.2) is 18.2 Å². The van der Waals surface area contributed by atoms with Gasteiger partial charge in [0.05, 0.1) is 10.5 Å². The molecule has 3 aromatic carbocycles. The zero-order valence-corrected chi connectivity index (χ0v) is 18.6. The third kappa shape index (κ3) is 5.13. The lowest BCUT2D eigenvalue weighted by Crippen LogP contribution is -2.36. The lowest BCUT2D eigenvalue weighted by atomic mass is 10.0. The van der Waals surface area contributed by atoms with Crippen molar-refractivity contribution in [3.05, 3.63) is 95.1 Å². The minimum Gasteiger partial charge on any atom is -0.452 e. The molecule has 3 aromatic rings. The molecule has 0 bridgehead atoms. The molecule has 0 spiro atoms. The number of benzene rings is 3. The number of nitrogens with zero attached hydrogens (tertiary/aromatic N) is 1. The van der Waals surface area contributed by atoms with Crippen LogP contribution in [0.1, 0.15) is 21.5 Å². The van der Waals surface area contributed by atoms with Gasteiger partial charge in [0.1, 0.15) is 0 Å². The number of carbonyl (C=O) groups is 2. The fourth-order valence-corrected chi connectivity index (χ4v) is 5.06. The van der Waals surface area contributed by atoms with Crippen molar-refractivity contribution in [1.82, 2.24) is 4.31 Å². The van der Waals surface area contributed by atoms with Crippen molar-refractivity contribution in [2.24, 2.45) is 0 Å². The van der Waals surface area contributed by atoms with Crippen LogP contribution in [0, 0.1) is 11.6 Å². The number of sulfonamides is 1. The lowest BCUT2D eigenvalue weighted by Gasteiger charge is -2.28. The number of carbonyl (C=O) groups excluding carboxylic acids is 2. The summed E-state index contributed by atoms with van der Waals surface area (Å²) in [7, 11) is -3.86. The first kappa shape index (κ1) is 23.5. The fourth-order valence-electron chi connectivity index (χ4n) is 3.59. The van der Waals surface area contributed by atoms with Crippen molar-refractivity contribution in [1.29, 1.82) is 0 Å². The molecule has 0 saturated carbocycles. The maximum Gasteiger partial charge on any atom is 0.338 e. The zero-order chi connectivity index (χ0) is 24.3. The van der Waals surface area contributed by atoms with Gasteiger partial charge in [0.25, 0.3) is 5.91 Å². The van der Waals surface area contributed by atoms with E-state index in [1.54, 1.807) is 0 Å². The average molecular weight is 486 g/mol.